The fraction of sp³-hybridized carbons (Fsp3) is 0.533. The van der Waals surface area contributed by atoms with Gasteiger partial charge in [0.15, 0.2) is 5.78 Å². The Kier molecular flexibility index (Phi) is 5.81. The molecule has 1 rings (SSSR count). The quantitative estimate of drug-likeness (QED) is 0.565. The van der Waals surface area contributed by atoms with Crippen LogP contribution in [-0.2, 0) is 0 Å². The van der Waals surface area contributed by atoms with Gasteiger partial charge < -0.3 is 9.47 Å². The van der Waals surface area contributed by atoms with Crippen molar-refractivity contribution in [1.29, 1.82) is 0 Å². The molecule has 1 aromatic rings. The Balaban J connectivity index is 3.31. The van der Waals surface area contributed by atoms with E-state index in [1.165, 1.54) is 0 Å². The number of ketones is 1. The van der Waals surface area contributed by atoms with Gasteiger partial charge in [0.2, 0.25) is 0 Å². The molecular formula is C15H23O3P. The standard InChI is InChI=1S/C15H23O3P/c1-5-15(4,19)14(16)13-11(17-6-2)9-8-10-12(13)18-7-3/h8-10H,5-7,19H2,1-4H3. The van der Waals surface area contributed by atoms with E-state index in [1.54, 1.807) is 0 Å². The van der Waals surface area contributed by atoms with Crippen molar-refractivity contribution in [2.45, 2.75) is 39.3 Å². The Hall–Kier alpha value is -1.08. The van der Waals surface area contributed by atoms with Crippen molar-refractivity contribution in [1.82, 2.24) is 0 Å². The summed E-state index contributed by atoms with van der Waals surface area (Å²) >= 11 is 0. The van der Waals surface area contributed by atoms with Crippen molar-refractivity contribution < 1.29 is 14.3 Å². The highest BCUT2D eigenvalue weighted by Crippen LogP contribution is 2.36. The molecule has 0 aliphatic carbocycles. The third-order valence-corrected chi connectivity index (χ3v) is 3.74. The van der Waals surface area contributed by atoms with Crippen molar-refractivity contribution in [2.24, 2.45) is 0 Å². The fourth-order valence-corrected chi connectivity index (χ4v) is 1.88. The van der Waals surface area contributed by atoms with Crippen LogP contribution >= 0.6 is 9.24 Å². The second-order valence-electron chi connectivity index (χ2n) is 4.60. The van der Waals surface area contributed by atoms with E-state index in [1.807, 2.05) is 45.9 Å². The van der Waals surface area contributed by atoms with E-state index in [9.17, 15) is 4.79 Å². The minimum Gasteiger partial charge on any atom is -0.493 e. The number of carbonyl (C=O) groups is 1. The molecule has 0 aliphatic heterocycles. The van der Waals surface area contributed by atoms with Crippen LogP contribution in [0.1, 0.15) is 44.5 Å². The summed E-state index contributed by atoms with van der Waals surface area (Å²) in [6, 6.07) is 5.48. The molecule has 106 valence electrons. The summed E-state index contributed by atoms with van der Waals surface area (Å²) in [7, 11) is 2.64. The monoisotopic (exact) mass is 282 g/mol. The van der Waals surface area contributed by atoms with Gasteiger partial charge in [0.05, 0.1) is 13.2 Å². The summed E-state index contributed by atoms with van der Waals surface area (Å²) in [5.74, 6) is 1.23. The average molecular weight is 282 g/mol. The van der Waals surface area contributed by atoms with Gasteiger partial charge in [-0.3, -0.25) is 4.79 Å². The van der Waals surface area contributed by atoms with Crippen LogP contribution in [-0.4, -0.2) is 24.2 Å². The molecule has 0 amide bonds. The number of carbonyl (C=O) groups excluding carboxylic acids is 1. The lowest BCUT2D eigenvalue weighted by molar-refractivity contribution is 0.0940. The summed E-state index contributed by atoms with van der Waals surface area (Å²) in [5, 5.41) is -0.501. The minimum absolute atomic E-state index is 0.0347. The molecule has 1 aromatic carbocycles. The molecule has 2 unspecified atom stereocenters. The lowest BCUT2D eigenvalue weighted by Gasteiger charge is -2.23. The number of hydrogen-bond donors (Lipinski definition) is 0. The van der Waals surface area contributed by atoms with Crippen molar-refractivity contribution in [3.8, 4) is 11.5 Å². The molecule has 0 saturated carbocycles. The number of rotatable bonds is 7. The Bertz CT molecular complexity index is 417. The van der Waals surface area contributed by atoms with Crippen LogP contribution in [0.5, 0.6) is 11.5 Å². The van der Waals surface area contributed by atoms with Gasteiger partial charge in [-0.15, -0.1) is 9.24 Å². The predicted molar refractivity (Wildman–Crippen MR) is 81.5 cm³/mol. The molecular weight excluding hydrogens is 259 g/mol. The largest absolute Gasteiger partial charge is 0.493 e. The zero-order chi connectivity index (χ0) is 14.5. The molecule has 4 heteroatoms. The number of ether oxygens (including phenoxy) is 2. The topological polar surface area (TPSA) is 35.5 Å². The molecule has 2 atom stereocenters. The average Bonchev–Trinajstić information content (AvgIpc) is 2.39. The van der Waals surface area contributed by atoms with Crippen molar-refractivity contribution >= 4 is 15.0 Å². The van der Waals surface area contributed by atoms with Gasteiger partial charge in [-0.25, -0.2) is 0 Å². The van der Waals surface area contributed by atoms with Crippen LogP contribution in [0.2, 0.25) is 0 Å². The minimum atomic E-state index is -0.501. The molecule has 0 fully saturated rings. The highest BCUT2D eigenvalue weighted by Gasteiger charge is 2.31. The first-order valence-corrected chi connectivity index (χ1v) is 7.27. The SMILES string of the molecule is CCOc1cccc(OCC)c1C(=O)C(C)(P)CC. The predicted octanol–water partition coefficient (Wildman–Crippen LogP) is 3.71. The van der Waals surface area contributed by atoms with Crippen molar-refractivity contribution in [2.75, 3.05) is 13.2 Å². The van der Waals surface area contributed by atoms with E-state index >= 15 is 0 Å². The Morgan fingerprint density at radius 2 is 1.63 bits per heavy atom. The second-order valence-corrected chi connectivity index (χ2v) is 5.87. The van der Waals surface area contributed by atoms with Crippen LogP contribution in [0.4, 0.5) is 0 Å². The first-order chi connectivity index (χ1) is 8.97. The maximum atomic E-state index is 12.7. The smallest absolute Gasteiger partial charge is 0.179 e. The van der Waals surface area contributed by atoms with E-state index in [-0.39, 0.29) is 5.78 Å². The van der Waals surface area contributed by atoms with Gasteiger partial charge in [-0.1, -0.05) is 13.0 Å². The van der Waals surface area contributed by atoms with E-state index in [0.29, 0.717) is 30.3 Å². The van der Waals surface area contributed by atoms with Crippen LogP contribution in [0.25, 0.3) is 0 Å². The van der Waals surface area contributed by atoms with Crippen LogP contribution < -0.4 is 9.47 Å². The van der Waals surface area contributed by atoms with Gasteiger partial charge in [0.25, 0.3) is 0 Å². The molecule has 0 saturated heterocycles. The highest BCUT2D eigenvalue weighted by atomic mass is 31.0. The molecule has 19 heavy (non-hydrogen) atoms. The molecule has 0 N–H and O–H groups in total. The maximum absolute atomic E-state index is 12.7. The summed E-state index contributed by atoms with van der Waals surface area (Å²) in [6.07, 6.45) is 0.739. The molecule has 3 nitrogen and oxygen atoms in total. The van der Waals surface area contributed by atoms with Crippen molar-refractivity contribution in [3.63, 3.8) is 0 Å². The third-order valence-electron chi connectivity index (χ3n) is 3.07. The first-order valence-electron chi connectivity index (χ1n) is 6.70. The van der Waals surface area contributed by atoms with Gasteiger partial charge >= 0.3 is 0 Å². The van der Waals surface area contributed by atoms with E-state index < -0.39 is 5.16 Å². The summed E-state index contributed by atoms with van der Waals surface area (Å²) < 4.78 is 11.1. The van der Waals surface area contributed by atoms with E-state index in [0.717, 1.165) is 6.42 Å². The van der Waals surface area contributed by atoms with Crippen LogP contribution in [0.3, 0.4) is 0 Å². The summed E-state index contributed by atoms with van der Waals surface area (Å²) in [5.41, 5.74) is 0.547. The Labute approximate surface area is 117 Å². The van der Waals surface area contributed by atoms with Crippen LogP contribution in [0, 0.1) is 0 Å². The highest BCUT2D eigenvalue weighted by molar-refractivity contribution is 7.21. The molecule has 0 radical (unpaired) electrons. The van der Waals surface area contributed by atoms with Crippen LogP contribution in [0.15, 0.2) is 18.2 Å². The number of hydrogen-bond acceptors (Lipinski definition) is 3. The fourth-order valence-electron chi connectivity index (χ4n) is 1.73. The number of benzene rings is 1. The molecule has 0 aliphatic rings. The van der Waals surface area contributed by atoms with Gasteiger partial charge in [-0.2, -0.15) is 0 Å². The van der Waals surface area contributed by atoms with Gasteiger partial charge in [0.1, 0.15) is 17.1 Å². The summed E-state index contributed by atoms with van der Waals surface area (Å²) in [6.45, 7) is 8.76. The lowest BCUT2D eigenvalue weighted by Crippen LogP contribution is -2.28. The van der Waals surface area contributed by atoms with E-state index in [2.05, 4.69) is 9.24 Å². The van der Waals surface area contributed by atoms with Gasteiger partial charge in [-0.05, 0) is 39.3 Å². The zero-order valence-electron chi connectivity index (χ0n) is 12.2. The molecule has 0 aromatic heterocycles. The normalized spacial score (nSPS) is 13.7. The summed E-state index contributed by atoms with van der Waals surface area (Å²) in [4.78, 5) is 12.7. The first kappa shape index (κ1) is 16.0. The van der Waals surface area contributed by atoms with Crippen molar-refractivity contribution in [3.05, 3.63) is 23.8 Å². The Morgan fingerprint density at radius 1 is 1.16 bits per heavy atom. The molecule has 0 bridgehead atoms. The van der Waals surface area contributed by atoms with Gasteiger partial charge in [0, 0.05) is 5.16 Å². The molecule has 0 heterocycles. The van der Waals surface area contributed by atoms with E-state index in [4.69, 9.17) is 9.47 Å². The maximum Gasteiger partial charge on any atom is 0.179 e. The second kappa shape index (κ2) is 6.91. The lowest BCUT2D eigenvalue weighted by atomic mass is 9.94. The third kappa shape index (κ3) is 3.70. The zero-order valence-corrected chi connectivity index (χ0v) is 13.3. The Morgan fingerprint density at radius 3 is 2.00 bits per heavy atom. The molecule has 0 spiro atoms. The number of Topliss-reactive ketones (excluding diaryl/α,β-unsaturated/α-hetero) is 1.